The molecule has 1 aliphatic rings. The molecule has 2 rings (SSSR count). The first-order valence-electron chi connectivity index (χ1n) is 7.15. The smallest absolute Gasteiger partial charge is 0.337 e. The Morgan fingerprint density at radius 3 is 2.80 bits per heavy atom. The molecule has 0 bridgehead atoms. The number of hydrogen-bond donors (Lipinski definition) is 1. The van der Waals surface area contributed by atoms with E-state index in [1.165, 1.54) is 20.0 Å². The van der Waals surface area contributed by atoms with Crippen molar-refractivity contribution in [1.29, 1.82) is 0 Å². The lowest BCUT2D eigenvalue weighted by Crippen LogP contribution is -2.33. The minimum Gasteiger partial charge on any atom is -0.465 e. The van der Waals surface area contributed by atoms with Crippen LogP contribution in [0.5, 0.6) is 0 Å². The summed E-state index contributed by atoms with van der Waals surface area (Å²) in [6.07, 6.45) is 3.66. The third-order valence-electron chi connectivity index (χ3n) is 4.19. The van der Waals surface area contributed by atoms with E-state index in [0.29, 0.717) is 22.5 Å². The Morgan fingerprint density at radius 1 is 1.35 bits per heavy atom. The number of methoxy groups -OCH3 is 1. The third-order valence-corrected chi connectivity index (χ3v) is 4.52. The number of esters is 1. The summed E-state index contributed by atoms with van der Waals surface area (Å²) >= 11 is 6.23. The fourth-order valence-electron chi connectivity index (χ4n) is 2.81. The molecule has 4 heteroatoms. The predicted octanol–water partition coefficient (Wildman–Crippen LogP) is 4.36. The highest BCUT2D eigenvalue weighted by Crippen LogP contribution is 2.33. The van der Waals surface area contributed by atoms with Crippen molar-refractivity contribution in [3.8, 4) is 0 Å². The molecule has 1 saturated carbocycles. The van der Waals surface area contributed by atoms with Gasteiger partial charge in [-0.05, 0) is 42.9 Å². The quantitative estimate of drug-likeness (QED) is 0.842. The Morgan fingerprint density at radius 2 is 2.10 bits per heavy atom. The van der Waals surface area contributed by atoms with E-state index in [-0.39, 0.29) is 5.97 Å². The second kappa shape index (κ2) is 6.49. The van der Waals surface area contributed by atoms with Crippen molar-refractivity contribution in [2.24, 2.45) is 11.8 Å². The minimum atomic E-state index is -0.338. The van der Waals surface area contributed by atoms with Gasteiger partial charge in [-0.15, -0.1) is 0 Å². The Kier molecular flexibility index (Phi) is 4.92. The molecular weight excluding hydrogens is 274 g/mol. The zero-order chi connectivity index (χ0) is 14.7. The summed E-state index contributed by atoms with van der Waals surface area (Å²) in [4.78, 5) is 11.6. The van der Waals surface area contributed by atoms with Crippen LogP contribution in [-0.4, -0.2) is 19.1 Å². The summed E-state index contributed by atoms with van der Waals surface area (Å²) in [5.41, 5.74) is 1.34. The van der Waals surface area contributed by atoms with Crippen molar-refractivity contribution in [3.05, 3.63) is 28.8 Å². The van der Waals surface area contributed by atoms with Crippen LogP contribution in [0.15, 0.2) is 18.2 Å². The molecule has 20 heavy (non-hydrogen) atoms. The number of benzene rings is 1. The van der Waals surface area contributed by atoms with Gasteiger partial charge in [0, 0.05) is 6.04 Å². The Bertz CT molecular complexity index is 489. The highest BCUT2D eigenvalue weighted by molar-refractivity contribution is 6.33. The average Bonchev–Trinajstić information content (AvgIpc) is 2.44. The second-order valence-corrected chi connectivity index (χ2v) is 6.24. The van der Waals surface area contributed by atoms with Crippen LogP contribution in [0.1, 0.15) is 43.5 Å². The van der Waals surface area contributed by atoms with Gasteiger partial charge < -0.3 is 10.1 Å². The molecule has 0 saturated heterocycles. The standard InChI is InChI=1S/C16H22ClNO2/c1-10-4-5-11(2)14(8-10)18-15-9-12(16(19)20-3)6-7-13(15)17/h6-7,9-11,14,18H,4-5,8H2,1-3H3. The number of rotatable bonds is 3. The molecule has 0 radical (unpaired) electrons. The maximum Gasteiger partial charge on any atom is 0.337 e. The van der Waals surface area contributed by atoms with Gasteiger partial charge in [0.2, 0.25) is 0 Å². The number of hydrogen-bond acceptors (Lipinski definition) is 3. The van der Waals surface area contributed by atoms with Crippen LogP contribution in [0, 0.1) is 11.8 Å². The van der Waals surface area contributed by atoms with Gasteiger partial charge in [0.25, 0.3) is 0 Å². The normalized spacial score (nSPS) is 26.1. The van der Waals surface area contributed by atoms with Crippen molar-refractivity contribution < 1.29 is 9.53 Å². The van der Waals surface area contributed by atoms with Crippen LogP contribution < -0.4 is 5.32 Å². The van der Waals surface area contributed by atoms with E-state index in [0.717, 1.165) is 18.0 Å². The van der Waals surface area contributed by atoms with Crippen LogP contribution in [0.25, 0.3) is 0 Å². The SMILES string of the molecule is COC(=O)c1ccc(Cl)c(NC2CC(C)CCC2C)c1. The van der Waals surface area contributed by atoms with Gasteiger partial charge in [-0.1, -0.05) is 31.9 Å². The summed E-state index contributed by atoms with van der Waals surface area (Å²) in [5, 5.41) is 4.15. The maximum atomic E-state index is 11.6. The van der Waals surface area contributed by atoms with Gasteiger partial charge in [0.05, 0.1) is 23.4 Å². The molecule has 3 nitrogen and oxygen atoms in total. The highest BCUT2D eigenvalue weighted by Gasteiger charge is 2.26. The first-order valence-corrected chi connectivity index (χ1v) is 7.53. The van der Waals surface area contributed by atoms with Gasteiger partial charge in [0.15, 0.2) is 0 Å². The molecule has 1 aliphatic carbocycles. The molecule has 0 aromatic heterocycles. The first-order chi connectivity index (χ1) is 9.51. The number of anilines is 1. The number of carbonyl (C=O) groups is 1. The summed E-state index contributed by atoms with van der Waals surface area (Å²) < 4.78 is 4.75. The van der Waals surface area contributed by atoms with E-state index in [2.05, 4.69) is 19.2 Å². The minimum absolute atomic E-state index is 0.338. The molecule has 0 spiro atoms. The summed E-state index contributed by atoms with van der Waals surface area (Å²) in [5.74, 6) is 1.00. The average molecular weight is 296 g/mol. The third kappa shape index (κ3) is 3.45. The Balaban J connectivity index is 2.17. The molecule has 1 aromatic carbocycles. The Labute approximate surface area is 125 Å². The number of nitrogens with one attached hydrogen (secondary N) is 1. The lowest BCUT2D eigenvalue weighted by Gasteiger charge is -2.34. The van der Waals surface area contributed by atoms with Gasteiger partial charge in [-0.3, -0.25) is 0 Å². The lowest BCUT2D eigenvalue weighted by atomic mass is 9.80. The van der Waals surface area contributed by atoms with E-state index in [9.17, 15) is 4.79 Å². The van der Waals surface area contributed by atoms with Crippen molar-refractivity contribution in [2.45, 2.75) is 39.2 Å². The molecule has 0 amide bonds. The first kappa shape index (κ1) is 15.2. The van der Waals surface area contributed by atoms with Crippen LogP contribution in [0.4, 0.5) is 5.69 Å². The van der Waals surface area contributed by atoms with Crippen molar-refractivity contribution >= 4 is 23.3 Å². The number of ether oxygens (including phenoxy) is 1. The highest BCUT2D eigenvalue weighted by atomic mass is 35.5. The molecule has 1 aromatic rings. The van der Waals surface area contributed by atoms with E-state index in [4.69, 9.17) is 16.3 Å². The van der Waals surface area contributed by atoms with E-state index in [1.807, 2.05) is 0 Å². The van der Waals surface area contributed by atoms with Crippen molar-refractivity contribution in [3.63, 3.8) is 0 Å². The molecule has 3 unspecified atom stereocenters. The van der Waals surface area contributed by atoms with Crippen LogP contribution in [0.2, 0.25) is 5.02 Å². The zero-order valence-corrected chi connectivity index (χ0v) is 13.0. The number of carbonyl (C=O) groups excluding carboxylic acids is 1. The molecule has 1 fully saturated rings. The Hall–Kier alpha value is -1.22. The fourth-order valence-corrected chi connectivity index (χ4v) is 2.99. The number of halogens is 1. The molecule has 3 atom stereocenters. The molecule has 110 valence electrons. The lowest BCUT2D eigenvalue weighted by molar-refractivity contribution is 0.0601. The second-order valence-electron chi connectivity index (χ2n) is 5.83. The summed E-state index contributed by atoms with van der Waals surface area (Å²) in [6, 6.07) is 5.61. The molecule has 1 N–H and O–H groups in total. The zero-order valence-electron chi connectivity index (χ0n) is 12.3. The van der Waals surface area contributed by atoms with Gasteiger partial charge in [-0.25, -0.2) is 4.79 Å². The van der Waals surface area contributed by atoms with E-state index in [1.54, 1.807) is 18.2 Å². The van der Waals surface area contributed by atoms with Crippen molar-refractivity contribution in [2.75, 3.05) is 12.4 Å². The van der Waals surface area contributed by atoms with Gasteiger partial charge in [-0.2, -0.15) is 0 Å². The molecule has 0 aliphatic heterocycles. The molecule has 0 heterocycles. The predicted molar refractivity (Wildman–Crippen MR) is 82.4 cm³/mol. The van der Waals surface area contributed by atoms with Crippen LogP contribution >= 0.6 is 11.6 Å². The van der Waals surface area contributed by atoms with Gasteiger partial charge in [0.1, 0.15) is 0 Å². The largest absolute Gasteiger partial charge is 0.465 e. The monoisotopic (exact) mass is 295 g/mol. The van der Waals surface area contributed by atoms with E-state index >= 15 is 0 Å². The van der Waals surface area contributed by atoms with E-state index < -0.39 is 0 Å². The fraction of sp³-hybridized carbons (Fsp3) is 0.562. The topological polar surface area (TPSA) is 38.3 Å². The van der Waals surface area contributed by atoms with Crippen molar-refractivity contribution in [1.82, 2.24) is 0 Å². The summed E-state index contributed by atoms with van der Waals surface area (Å²) in [7, 11) is 1.38. The summed E-state index contributed by atoms with van der Waals surface area (Å²) in [6.45, 7) is 4.55. The van der Waals surface area contributed by atoms with Crippen LogP contribution in [0.3, 0.4) is 0 Å². The maximum absolute atomic E-state index is 11.6. The molecular formula is C16H22ClNO2. The van der Waals surface area contributed by atoms with Crippen LogP contribution in [-0.2, 0) is 4.74 Å². The van der Waals surface area contributed by atoms with Gasteiger partial charge >= 0.3 is 5.97 Å².